The fourth-order valence-electron chi connectivity index (χ4n) is 2.17. The monoisotopic (exact) mass is 361 g/mol. The number of nitrogens with one attached hydrogen (secondary N) is 2. The quantitative estimate of drug-likeness (QED) is 0.819. The molecule has 1 saturated heterocycles. The lowest BCUT2D eigenvalue weighted by molar-refractivity contribution is 0.245. The van der Waals surface area contributed by atoms with E-state index in [1.54, 1.807) is 12.1 Å². The highest BCUT2D eigenvalue weighted by molar-refractivity contribution is 9.10. The zero-order valence-corrected chi connectivity index (χ0v) is 13.9. The van der Waals surface area contributed by atoms with Crippen LogP contribution in [0.15, 0.2) is 27.6 Å². The van der Waals surface area contributed by atoms with E-state index in [9.17, 15) is 8.42 Å². The van der Waals surface area contributed by atoms with Gasteiger partial charge in [0, 0.05) is 43.7 Å². The standard InChI is InChI=1S/C13H20BrN3O2S/c1-11-2-3-13(12(14)10-11)20(18,19)16-6-9-17-7-4-15-5-8-17/h2-3,10,15-16H,4-9H2,1H3. The van der Waals surface area contributed by atoms with Gasteiger partial charge >= 0.3 is 0 Å². The number of rotatable bonds is 5. The molecule has 1 aromatic rings. The van der Waals surface area contributed by atoms with Gasteiger partial charge in [0.1, 0.15) is 0 Å². The normalized spacial score (nSPS) is 17.3. The van der Waals surface area contributed by atoms with E-state index in [1.165, 1.54) is 0 Å². The molecule has 1 aliphatic heterocycles. The molecule has 112 valence electrons. The third-order valence-corrected chi connectivity index (χ3v) is 5.74. The average Bonchev–Trinajstić information content (AvgIpc) is 2.39. The number of benzene rings is 1. The van der Waals surface area contributed by atoms with Crippen LogP contribution in [0.2, 0.25) is 0 Å². The largest absolute Gasteiger partial charge is 0.314 e. The van der Waals surface area contributed by atoms with Crippen molar-refractivity contribution in [3.8, 4) is 0 Å². The summed E-state index contributed by atoms with van der Waals surface area (Å²) in [5.41, 5.74) is 1.02. The smallest absolute Gasteiger partial charge is 0.241 e. The number of hydrogen-bond acceptors (Lipinski definition) is 4. The number of hydrogen-bond donors (Lipinski definition) is 2. The highest BCUT2D eigenvalue weighted by Crippen LogP contribution is 2.22. The van der Waals surface area contributed by atoms with Crippen molar-refractivity contribution in [2.45, 2.75) is 11.8 Å². The number of aryl methyl sites for hydroxylation is 1. The summed E-state index contributed by atoms with van der Waals surface area (Å²) < 4.78 is 27.7. The summed E-state index contributed by atoms with van der Waals surface area (Å²) >= 11 is 3.31. The Morgan fingerprint density at radius 2 is 2.05 bits per heavy atom. The maximum Gasteiger partial charge on any atom is 0.241 e. The molecule has 2 rings (SSSR count). The zero-order chi connectivity index (χ0) is 14.6. The molecule has 0 aromatic heterocycles. The first-order valence-electron chi connectivity index (χ1n) is 6.68. The van der Waals surface area contributed by atoms with Gasteiger partial charge in [-0.1, -0.05) is 6.07 Å². The fraction of sp³-hybridized carbons (Fsp3) is 0.538. The third kappa shape index (κ3) is 4.26. The van der Waals surface area contributed by atoms with Gasteiger partial charge in [-0.2, -0.15) is 0 Å². The van der Waals surface area contributed by atoms with Gasteiger partial charge in [0.15, 0.2) is 0 Å². The second-order valence-corrected chi connectivity index (χ2v) is 7.51. The Bertz CT molecular complexity index is 557. The minimum Gasteiger partial charge on any atom is -0.314 e. The van der Waals surface area contributed by atoms with Crippen LogP contribution >= 0.6 is 15.9 Å². The number of sulfonamides is 1. The third-order valence-electron chi connectivity index (χ3n) is 3.31. The molecule has 0 amide bonds. The Hall–Kier alpha value is -0.470. The second-order valence-electron chi connectivity index (χ2n) is 4.92. The average molecular weight is 362 g/mol. The van der Waals surface area contributed by atoms with Crippen LogP contribution in [0.5, 0.6) is 0 Å². The molecule has 1 aromatic carbocycles. The van der Waals surface area contributed by atoms with E-state index >= 15 is 0 Å². The Kier molecular flexibility index (Phi) is 5.57. The van der Waals surface area contributed by atoms with Crippen LogP contribution < -0.4 is 10.0 Å². The van der Waals surface area contributed by atoms with Gasteiger partial charge in [0.05, 0.1) is 4.90 Å². The molecule has 0 aliphatic carbocycles. The molecule has 0 radical (unpaired) electrons. The number of nitrogens with zero attached hydrogens (tertiary/aromatic N) is 1. The first kappa shape index (κ1) is 15.9. The van der Waals surface area contributed by atoms with E-state index in [-0.39, 0.29) is 0 Å². The molecule has 1 fully saturated rings. The highest BCUT2D eigenvalue weighted by atomic mass is 79.9. The van der Waals surface area contributed by atoms with Crippen LogP contribution in [-0.2, 0) is 10.0 Å². The molecular weight excluding hydrogens is 342 g/mol. The molecule has 7 heteroatoms. The van der Waals surface area contributed by atoms with Crippen LogP contribution in [-0.4, -0.2) is 52.6 Å². The molecule has 1 heterocycles. The van der Waals surface area contributed by atoms with E-state index in [4.69, 9.17) is 0 Å². The Balaban J connectivity index is 1.93. The van der Waals surface area contributed by atoms with E-state index in [2.05, 4.69) is 30.9 Å². The van der Waals surface area contributed by atoms with Gasteiger partial charge in [-0.05, 0) is 40.5 Å². The van der Waals surface area contributed by atoms with Crippen molar-refractivity contribution in [1.82, 2.24) is 14.9 Å². The summed E-state index contributed by atoms with van der Waals surface area (Å²) in [5, 5.41) is 3.27. The van der Waals surface area contributed by atoms with Crippen LogP contribution in [0.25, 0.3) is 0 Å². The number of halogens is 1. The maximum atomic E-state index is 12.2. The molecule has 0 spiro atoms. The SMILES string of the molecule is Cc1ccc(S(=O)(=O)NCCN2CCNCC2)c(Br)c1. The molecule has 20 heavy (non-hydrogen) atoms. The first-order chi connectivity index (χ1) is 9.49. The van der Waals surface area contributed by atoms with Crippen LogP contribution in [0.4, 0.5) is 0 Å². The predicted octanol–water partition coefficient (Wildman–Crippen LogP) is 0.941. The Labute approximate surface area is 128 Å². The van der Waals surface area contributed by atoms with Crippen LogP contribution in [0, 0.1) is 6.92 Å². The summed E-state index contributed by atoms with van der Waals surface area (Å²) in [6, 6.07) is 5.24. The van der Waals surface area contributed by atoms with Crippen molar-refractivity contribution in [2.24, 2.45) is 0 Å². The van der Waals surface area contributed by atoms with Crippen LogP contribution in [0.3, 0.4) is 0 Å². The molecule has 5 nitrogen and oxygen atoms in total. The van der Waals surface area contributed by atoms with Crippen molar-refractivity contribution in [3.05, 3.63) is 28.2 Å². The zero-order valence-electron chi connectivity index (χ0n) is 11.5. The summed E-state index contributed by atoms with van der Waals surface area (Å²) in [6.07, 6.45) is 0. The van der Waals surface area contributed by atoms with Crippen molar-refractivity contribution in [3.63, 3.8) is 0 Å². The molecule has 0 unspecified atom stereocenters. The fourth-order valence-corrected chi connectivity index (χ4v) is 4.39. The van der Waals surface area contributed by atoms with Gasteiger partial charge in [-0.15, -0.1) is 0 Å². The minimum atomic E-state index is -3.45. The van der Waals surface area contributed by atoms with Crippen LogP contribution in [0.1, 0.15) is 5.56 Å². The lowest BCUT2D eigenvalue weighted by Gasteiger charge is -2.27. The lowest BCUT2D eigenvalue weighted by Crippen LogP contribution is -2.46. The molecular formula is C13H20BrN3O2S. The van der Waals surface area contributed by atoms with Gasteiger partial charge in [-0.3, -0.25) is 4.90 Å². The summed E-state index contributed by atoms with van der Waals surface area (Å²) in [5.74, 6) is 0. The Morgan fingerprint density at radius 1 is 1.35 bits per heavy atom. The molecule has 0 bridgehead atoms. The first-order valence-corrected chi connectivity index (χ1v) is 8.95. The van der Waals surface area contributed by atoms with E-state index in [1.807, 2.05) is 13.0 Å². The molecule has 1 aliphatic rings. The van der Waals surface area contributed by atoms with Gasteiger partial charge < -0.3 is 5.32 Å². The van der Waals surface area contributed by atoms with E-state index < -0.39 is 10.0 Å². The van der Waals surface area contributed by atoms with Crippen molar-refractivity contribution < 1.29 is 8.42 Å². The van der Waals surface area contributed by atoms with E-state index in [0.29, 0.717) is 15.9 Å². The van der Waals surface area contributed by atoms with Gasteiger partial charge in [0.25, 0.3) is 0 Å². The van der Waals surface area contributed by atoms with Gasteiger partial charge in [0.2, 0.25) is 10.0 Å². The lowest BCUT2D eigenvalue weighted by atomic mass is 10.2. The molecule has 0 saturated carbocycles. The maximum absolute atomic E-state index is 12.2. The van der Waals surface area contributed by atoms with Crippen molar-refractivity contribution in [1.29, 1.82) is 0 Å². The summed E-state index contributed by atoms with van der Waals surface area (Å²) in [6.45, 7) is 6.98. The summed E-state index contributed by atoms with van der Waals surface area (Å²) in [7, 11) is -3.45. The minimum absolute atomic E-state index is 0.295. The topological polar surface area (TPSA) is 61.4 Å². The highest BCUT2D eigenvalue weighted by Gasteiger charge is 2.18. The second kappa shape index (κ2) is 7.00. The summed E-state index contributed by atoms with van der Waals surface area (Å²) in [4.78, 5) is 2.55. The molecule has 2 N–H and O–H groups in total. The van der Waals surface area contributed by atoms with E-state index in [0.717, 1.165) is 38.3 Å². The Morgan fingerprint density at radius 3 is 2.70 bits per heavy atom. The number of piperazine rings is 1. The van der Waals surface area contributed by atoms with Crippen molar-refractivity contribution >= 4 is 26.0 Å². The van der Waals surface area contributed by atoms with Gasteiger partial charge in [-0.25, -0.2) is 13.1 Å². The predicted molar refractivity (Wildman–Crippen MR) is 83.4 cm³/mol. The van der Waals surface area contributed by atoms with Crippen molar-refractivity contribution in [2.75, 3.05) is 39.3 Å². The molecule has 0 atom stereocenters.